The summed E-state index contributed by atoms with van der Waals surface area (Å²) in [6.07, 6.45) is 5.20. The molecule has 1 aromatic carbocycles. The summed E-state index contributed by atoms with van der Waals surface area (Å²) in [6.45, 7) is 3.89. The summed E-state index contributed by atoms with van der Waals surface area (Å²) in [7, 11) is 3.19. The van der Waals surface area contributed by atoms with E-state index in [4.69, 9.17) is 4.74 Å². The van der Waals surface area contributed by atoms with Crippen molar-refractivity contribution in [2.75, 3.05) is 38.6 Å². The number of aromatic nitrogens is 3. The lowest BCUT2D eigenvalue weighted by Gasteiger charge is -2.34. The molecule has 1 saturated heterocycles. The molecular formula is C23H26N6O3. The number of amides is 2. The maximum atomic E-state index is 12.9. The lowest BCUT2D eigenvalue weighted by atomic mass is 10.1. The summed E-state index contributed by atoms with van der Waals surface area (Å²) in [4.78, 5) is 33.7. The summed E-state index contributed by atoms with van der Waals surface area (Å²) in [5.41, 5.74) is 2.77. The van der Waals surface area contributed by atoms with E-state index in [1.54, 1.807) is 49.9 Å². The quantitative estimate of drug-likeness (QED) is 0.638. The predicted molar refractivity (Wildman–Crippen MR) is 120 cm³/mol. The number of methoxy groups -OCH3 is 1. The fourth-order valence-electron chi connectivity index (χ4n) is 3.71. The normalized spacial score (nSPS) is 14.2. The van der Waals surface area contributed by atoms with Crippen LogP contribution in [0.2, 0.25) is 0 Å². The van der Waals surface area contributed by atoms with Gasteiger partial charge in [-0.2, -0.15) is 0 Å². The Morgan fingerprint density at radius 3 is 2.38 bits per heavy atom. The molecule has 0 saturated carbocycles. The van der Waals surface area contributed by atoms with Crippen molar-refractivity contribution in [3.8, 4) is 5.88 Å². The number of benzene rings is 1. The molecule has 3 aromatic rings. The van der Waals surface area contributed by atoms with E-state index in [0.717, 1.165) is 19.6 Å². The van der Waals surface area contributed by atoms with E-state index in [1.165, 1.54) is 17.4 Å². The van der Waals surface area contributed by atoms with Crippen molar-refractivity contribution in [2.24, 2.45) is 7.05 Å². The molecule has 0 unspecified atom stereocenters. The van der Waals surface area contributed by atoms with Crippen molar-refractivity contribution in [1.82, 2.24) is 24.6 Å². The van der Waals surface area contributed by atoms with Crippen LogP contribution in [0, 0.1) is 0 Å². The number of aryl methyl sites for hydroxylation is 1. The van der Waals surface area contributed by atoms with Gasteiger partial charge < -0.3 is 15.0 Å². The van der Waals surface area contributed by atoms with Crippen molar-refractivity contribution in [1.29, 1.82) is 0 Å². The number of nitrogens with one attached hydrogen (secondary N) is 1. The molecule has 32 heavy (non-hydrogen) atoms. The summed E-state index contributed by atoms with van der Waals surface area (Å²) >= 11 is 0. The number of carbonyl (C=O) groups excluding carboxylic acids is 2. The van der Waals surface area contributed by atoms with Crippen LogP contribution in [0.25, 0.3) is 0 Å². The van der Waals surface area contributed by atoms with E-state index in [9.17, 15) is 9.59 Å². The zero-order valence-corrected chi connectivity index (χ0v) is 18.2. The zero-order valence-electron chi connectivity index (χ0n) is 18.2. The van der Waals surface area contributed by atoms with E-state index in [2.05, 4.69) is 20.3 Å². The minimum absolute atomic E-state index is 0.000339. The van der Waals surface area contributed by atoms with Crippen molar-refractivity contribution >= 4 is 17.5 Å². The van der Waals surface area contributed by atoms with E-state index >= 15 is 0 Å². The summed E-state index contributed by atoms with van der Waals surface area (Å²) in [5.74, 6) is -0.0559. The van der Waals surface area contributed by atoms with Crippen molar-refractivity contribution < 1.29 is 14.3 Å². The third kappa shape index (κ3) is 4.94. The first-order valence-corrected chi connectivity index (χ1v) is 10.4. The molecule has 0 bridgehead atoms. The van der Waals surface area contributed by atoms with Crippen LogP contribution in [-0.4, -0.2) is 69.7 Å². The van der Waals surface area contributed by atoms with Gasteiger partial charge in [-0.15, -0.1) is 5.10 Å². The Morgan fingerprint density at radius 1 is 1.03 bits per heavy atom. The topological polar surface area (TPSA) is 92.6 Å². The average Bonchev–Trinajstić information content (AvgIpc) is 3.21. The monoisotopic (exact) mass is 434 g/mol. The van der Waals surface area contributed by atoms with E-state index < -0.39 is 0 Å². The van der Waals surface area contributed by atoms with Gasteiger partial charge in [0.1, 0.15) is 5.56 Å². The van der Waals surface area contributed by atoms with Crippen LogP contribution < -0.4 is 10.1 Å². The van der Waals surface area contributed by atoms with Gasteiger partial charge in [0.25, 0.3) is 11.8 Å². The number of ether oxygens (including phenoxy) is 1. The molecular weight excluding hydrogens is 408 g/mol. The number of carbonyl (C=O) groups is 2. The zero-order chi connectivity index (χ0) is 22.5. The predicted octanol–water partition coefficient (Wildman–Crippen LogP) is 2.03. The van der Waals surface area contributed by atoms with E-state index in [1.807, 2.05) is 17.0 Å². The summed E-state index contributed by atoms with van der Waals surface area (Å²) in [5, 5.41) is 6.90. The van der Waals surface area contributed by atoms with Gasteiger partial charge in [0.15, 0.2) is 0 Å². The highest BCUT2D eigenvalue weighted by Gasteiger charge is 2.22. The second kappa shape index (κ2) is 9.61. The Labute approximate surface area is 186 Å². The summed E-state index contributed by atoms with van der Waals surface area (Å²) in [6, 6.07) is 11.0. The first-order chi connectivity index (χ1) is 15.5. The van der Waals surface area contributed by atoms with Crippen LogP contribution in [0.4, 0.5) is 5.69 Å². The molecule has 9 nitrogen and oxygen atoms in total. The number of nitrogens with zero attached hydrogens (tertiary/aromatic N) is 5. The third-order valence-electron chi connectivity index (χ3n) is 5.44. The van der Waals surface area contributed by atoms with Crippen LogP contribution in [-0.2, 0) is 13.6 Å². The number of hydrogen-bond acceptors (Lipinski definition) is 6. The number of pyridine rings is 1. The largest absolute Gasteiger partial charge is 0.479 e. The molecule has 4 rings (SSSR count). The van der Waals surface area contributed by atoms with Crippen LogP contribution in [0.3, 0.4) is 0 Å². The second-order valence-corrected chi connectivity index (χ2v) is 7.68. The highest BCUT2D eigenvalue weighted by molar-refractivity contribution is 6.06. The van der Waals surface area contributed by atoms with Gasteiger partial charge in [0.2, 0.25) is 5.88 Å². The molecule has 0 spiro atoms. The molecule has 9 heteroatoms. The van der Waals surface area contributed by atoms with E-state index in [0.29, 0.717) is 29.9 Å². The molecule has 0 atom stereocenters. The first kappa shape index (κ1) is 21.5. The number of piperazine rings is 1. The van der Waals surface area contributed by atoms with Gasteiger partial charge in [-0.05, 0) is 42.0 Å². The molecule has 2 amide bonds. The van der Waals surface area contributed by atoms with Gasteiger partial charge in [-0.1, -0.05) is 0 Å². The van der Waals surface area contributed by atoms with Crippen LogP contribution in [0.5, 0.6) is 5.88 Å². The third-order valence-corrected chi connectivity index (χ3v) is 5.44. The molecule has 0 radical (unpaired) electrons. The highest BCUT2D eigenvalue weighted by Crippen LogP contribution is 2.18. The molecule has 3 heterocycles. The first-order valence-electron chi connectivity index (χ1n) is 10.4. The smallest absolute Gasteiger partial charge is 0.262 e. The maximum Gasteiger partial charge on any atom is 0.262 e. The van der Waals surface area contributed by atoms with E-state index in [-0.39, 0.29) is 17.7 Å². The number of rotatable bonds is 6. The van der Waals surface area contributed by atoms with Crippen LogP contribution in [0.15, 0.2) is 55.0 Å². The minimum Gasteiger partial charge on any atom is -0.479 e. The summed E-state index contributed by atoms with van der Waals surface area (Å²) < 4.78 is 6.65. The van der Waals surface area contributed by atoms with Gasteiger partial charge in [0, 0.05) is 69.6 Å². The molecule has 2 aromatic heterocycles. The standard InChI is InChI=1S/C23H26N6O3/c1-27-16-20(22(26-27)32-2)21(30)25-19-5-3-18(4-6-19)23(31)29-13-11-28(12-14-29)15-17-7-9-24-10-8-17/h3-10,16H,11-15H2,1-2H3,(H,25,30). The molecule has 1 aliphatic rings. The molecule has 1 N–H and O–H groups in total. The van der Waals surface area contributed by atoms with Crippen molar-refractivity contribution in [3.63, 3.8) is 0 Å². The Morgan fingerprint density at radius 2 is 1.72 bits per heavy atom. The Balaban J connectivity index is 1.32. The fourth-order valence-corrected chi connectivity index (χ4v) is 3.71. The van der Waals surface area contributed by atoms with Crippen molar-refractivity contribution in [3.05, 3.63) is 71.7 Å². The lowest BCUT2D eigenvalue weighted by molar-refractivity contribution is 0.0628. The molecule has 1 fully saturated rings. The molecule has 1 aliphatic heterocycles. The SMILES string of the molecule is COc1nn(C)cc1C(=O)Nc1ccc(C(=O)N2CCN(Cc3ccncc3)CC2)cc1. The van der Waals surface area contributed by atoms with Gasteiger partial charge in [0.05, 0.1) is 7.11 Å². The average molecular weight is 435 g/mol. The van der Waals surface area contributed by atoms with Gasteiger partial charge >= 0.3 is 0 Å². The minimum atomic E-state index is -0.320. The number of hydrogen-bond donors (Lipinski definition) is 1. The molecule has 166 valence electrons. The fraction of sp³-hybridized carbons (Fsp3) is 0.304. The van der Waals surface area contributed by atoms with Crippen LogP contribution >= 0.6 is 0 Å². The maximum absolute atomic E-state index is 12.9. The van der Waals surface area contributed by atoms with Crippen LogP contribution in [0.1, 0.15) is 26.3 Å². The van der Waals surface area contributed by atoms with Crippen molar-refractivity contribution in [2.45, 2.75) is 6.54 Å². The second-order valence-electron chi connectivity index (χ2n) is 7.68. The lowest BCUT2D eigenvalue weighted by Crippen LogP contribution is -2.48. The molecule has 0 aliphatic carbocycles. The van der Waals surface area contributed by atoms with Gasteiger partial charge in [-0.25, -0.2) is 0 Å². The Kier molecular flexibility index (Phi) is 6.46. The van der Waals surface area contributed by atoms with Gasteiger partial charge in [-0.3, -0.25) is 24.2 Å². The Bertz CT molecular complexity index is 1070. The highest BCUT2D eigenvalue weighted by atomic mass is 16.5. The Hall–Kier alpha value is -3.72. The number of anilines is 1.